The molecule has 0 bridgehead atoms. The minimum Gasteiger partial charge on any atom is -0.493 e. The summed E-state index contributed by atoms with van der Waals surface area (Å²) >= 11 is 0. The molecule has 0 saturated heterocycles. The lowest BCUT2D eigenvalue weighted by molar-refractivity contribution is 0.340. The van der Waals surface area contributed by atoms with E-state index in [1.165, 1.54) is 5.56 Å². The molecule has 0 aromatic heterocycles. The van der Waals surface area contributed by atoms with Crippen molar-refractivity contribution in [1.29, 1.82) is 5.26 Å². The average Bonchev–Trinajstić information content (AvgIpc) is 2.85. The first kappa shape index (κ1) is 26.3. The number of nitrogens with zero attached hydrogens (tertiary/aromatic N) is 1. The maximum Gasteiger partial charge on any atom is 0.161 e. The Morgan fingerprint density at radius 1 is 0.848 bits per heavy atom. The highest BCUT2D eigenvalue weighted by molar-refractivity contribution is 5.47. The minimum absolute atomic E-state index is 0.159. The van der Waals surface area contributed by atoms with Crippen molar-refractivity contribution in [1.82, 2.24) is 5.32 Å². The van der Waals surface area contributed by atoms with Crippen LogP contribution in [0.25, 0.3) is 0 Å². The lowest BCUT2D eigenvalue weighted by Gasteiger charge is -2.32. The second-order valence-corrected chi connectivity index (χ2v) is 8.63. The Labute approximate surface area is 198 Å². The highest BCUT2D eigenvalue weighted by Crippen LogP contribution is 2.40. The smallest absolute Gasteiger partial charge is 0.161 e. The van der Waals surface area contributed by atoms with E-state index < -0.39 is 5.41 Å². The zero-order valence-electron chi connectivity index (χ0n) is 21.0. The molecule has 0 aliphatic carbocycles. The number of methoxy groups -OCH3 is 4. The summed E-state index contributed by atoms with van der Waals surface area (Å²) in [5, 5.41) is 13.8. The maximum atomic E-state index is 10.2. The van der Waals surface area contributed by atoms with E-state index in [9.17, 15) is 5.26 Å². The van der Waals surface area contributed by atoms with E-state index >= 15 is 0 Å². The summed E-state index contributed by atoms with van der Waals surface area (Å²) in [5.74, 6) is 3.28. The van der Waals surface area contributed by atoms with E-state index in [0.717, 1.165) is 43.0 Å². The number of hydrogen-bond donors (Lipinski definition) is 1. The van der Waals surface area contributed by atoms with Crippen LogP contribution >= 0.6 is 0 Å². The van der Waals surface area contributed by atoms with Gasteiger partial charge < -0.3 is 24.3 Å². The summed E-state index contributed by atoms with van der Waals surface area (Å²) in [6, 6.07) is 14.5. The Hall–Kier alpha value is -2.91. The molecule has 180 valence electrons. The molecule has 0 saturated carbocycles. The van der Waals surface area contributed by atoms with Crippen LogP contribution in [0.1, 0.15) is 50.7 Å². The van der Waals surface area contributed by atoms with Crippen LogP contribution < -0.4 is 24.3 Å². The van der Waals surface area contributed by atoms with Gasteiger partial charge in [-0.3, -0.25) is 0 Å². The molecule has 0 amide bonds. The fraction of sp³-hybridized carbons (Fsp3) is 0.519. The van der Waals surface area contributed by atoms with Gasteiger partial charge in [0.15, 0.2) is 23.0 Å². The summed E-state index contributed by atoms with van der Waals surface area (Å²) in [7, 11) is 6.53. The van der Waals surface area contributed by atoms with Crippen LogP contribution in [-0.2, 0) is 5.41 Å². The van der Waals surface area contributed by atoms with Crippen LogP contribution in [-0.4, -0.2) is 41.5 Å². The normalized spacial score (nSPS) is 13.7. The molecular formula is C27H38N2O4. The van der Waals surface area contributed by atoms with Crippen LogP contribution in [0.15, 0.2) is 36.4 Å². The monoisotopic (exact) mass is 454 g/mol. The van der Waals surface area contributed by atoms with Crippen molar-refractivity contribution in [3.05, 3.63) is 47.5 Å². The van der Waals surface area contributed by atoms with Gasteiger partial charge in [-0.25, -0.2) is 0 Å². The number of nitriles is 1. The van der Waals surface area contributed by atoms with Crippen LogP contribution in [0.5, 0.6) is 23.0 Å². The third-order valence-electron chi connectivity index (χ3n) is 6.44. The van der Waals surface area contributed by atoms with Crippen LogP contribution in [0.2, 0.25) is 0 Å². The van der Waals surface area contributed by atoms with Gasteiger partial charge in [0.1, 0.15) is 0 Å². The number of ether oxygens (including phenoxy) is 4. The largest absolute Gasteiger partial charge is 0.493 e. The quantitative estimate of drug-likeness (QED) is 0.414. The molecule has 0 radical (unpaired) electrons. The summed E-state index contributed by atoms with van der Waals surface area (Å²) in [4.78, 5) is 0. The Kier molecular flexibility index (Phi) is 9.87. The summed E-state index contributed by atoms with van der Waals surface area (Å²) in [6.45, 7) is 8.07. The fourth-order valence-corrected chi connectivity index (χ4v) is 4.22. The second kappa shape index (κ2) is 12.4. The molecular weight excluding hydrogens is 416 g/mol. The maximum absolute atomic E-state index is 10.2. The van der Waals surface area contributed by atoms with Gasteiger partial charge in [-0.15, -0.1) is 0 Å². The first-order valence-electron chi connectivity index (χ1n) is 11.4. The molecule has 1 N–H and O–H groups in total. The van der Waals surface area contributed by atoms with Gasteiger partial charge >= 0.3 is 0 Å². The summed E-state index contributed by atoms with van der Waals surface area (Å²) in [6.07, 6.45) is 1.65. The van der Waals surface area contributed by atoms with Crippen molar-refractivity contribution in [2.75, 3.05) is 41.5 Å². The average molecular weight is 455 g/mol. The number of benzene rings is 2. The van der Waals surface area contributed by atoms with Gasteiger partial charge in [0, 0.05) is 6.54 Å². The number of nitrogens with one attached hydrogen (secondary N) is 1. The molecule has 2 aromatic rings. The van der Waals surface area contributed by atoms with Crippen LogP contribution in [0, 0.1) is 17.2 Å². The predicted octanol–water partition coefficient (Wildman–Crippen LogP) is 5.31. The molecule has 6 heteroatoms. The lowest BCUT2D eigenvalue weighted by Crippen LogP contribution is -2.32. The lowest BCUT2D eigenvalue weighted by atomic mass is 9.69. The molecule has 2 aromatic carbocycles. The van der Waals surface area contributed by atoms with Crippen molar-refractivity contribution in [3.8, 4) is 29.1 Å². The molecule has 2 atom stereocenters. The number of hydrogen-bond acceptors (Lipinski definition) is 6. The molecule has 0 fully saturated rings. The highest BCUT2D eigenvalue weighted by atomic mass is 16.5. The van der Waals surface area contributed by atoms with Gasteiger partial charge in [-0.2, -0.15) is 5.26 Å². The molecule has 0 aliphatic heterocycles. The zero-order chi connectivity index (χ0) is 24.4. The van der Waals surface area contributed by atoms with Crippen LogP contribution in [0.3, 0.4) is 0 Å². The Morgan fingerprint density at radius 2 is 1.42 bits per heavy atom. The van der Waals surface area contributed by atoms with E-state index in [-0.39, 0.29) is 5.92 Å². The topological polar surface area (TPSA) is 72.7 Å². The van der Waals surface area contributed by atoms with Crippen molar-refractivity contribution in [3.63, 3.8) is 0 Å². The van der Waals surface area contributed by atoms with Crippen molar-refractivity contribution in [2.24, 2.45) is 5.92 Å². The van der Waals surface area contributed by atoms with Gasteiger partial charge in [0.25, 0.3) is 0 Å². The molecule has 2 rings (SSSR count). The van der Waals surface area contributed by atoms with E-state index in [1.54, 1.807) is 28.4 Å². The first-order valence-corrected chi connectivity index (χ1v) is 11.4. The van der Waals surface area contributed by atoms with E-state index in [0.29, 0.717) is 17.4 Å². The van der Waals surface area contributed by atoms with Gasteiger partial charge in [0.05, 0.1) is 39.9 Å². The molecule has 0 spiro atoms. The zero-order valence-corrected chi connectivity index (χ0v) is 21.0. The third kappa shape index (κ3) is 6.11. The second-order valence-electron chi connectivity index (χ2n) is 8.63. The fourth-order valence-electron chi connectivity index (χ4n) is 4.22. The highest BCUT2D eigenvalue weighted by Gasteiger charge is 2.36. The van der Waals surface area contributed by atoms with Crippen LogP contribution in [0.4, 0.5) is 0 Å². The standard InChI is InChI=1S/C27H38N2O4/c1-19(2)27(18-28,22-10-12-24(31-5)26(16-22)33-7)13-8-14-29-17-20(3)21-9-11-23(30-4)25(15-21)32-6/h9-12,15-16,19-20,29H,8,13-14,17H2,1-7H3. The van der Waals surface area contributed by atoms with Gasteiger partial charge in [-0.1, -0.05) is 32.9 Å². The SMILES string of the molecule is COc1ccc(C(C)CNCCCC(C#N)(c2ccc(OC)c(OC)c2)C(C)C)cc1OC. The Bertz CT molecular complexity index is 938. The van der Waals surface area contributed by atoms with Crippen molar-refractivity contribution in [2.45, 2.75) is 44.9 Å². The first-order chi connectivity index (χ1) is 15.9. The summed E-state index contributed by atoms with van der Waals surface area (Å²) < 4.78 is 21.6. The van der Waals surface area contributed by atoms with E-state index in [2.05, 4.69) is 38.2 Å². The Balaban J connectivity index is 2.01. The molecule has 6 nitrogen and oxygen atoms in total. The van der Waals surface area contributed by atoms with Gasteiger partial charge in [-0.05, 0) is 66.6 Å². The number of rotatable bonds is 13. The predicted molar refractivity (Wildman–Crippen MR) is 132 cm³/mol. The minimum atomic E-state index is -0.587. The molecule has 0 aliphatic rings. The van der Waals surface area contributed by atoms with Gasteiger partial charge in [0.2, 0.25) is 0 Å². The van der Waals surface area contributed by atoms with Crippen molar-refractivity contribution >= 4 is 0 Å². The third-order valence-corrected chi connectivity index (χ3v) is 6.44. The molecule has 0 heterocycles. The molecule has 2 unspecified atom stereocenters. The van der Waals surface area contributed by atoms with Crippen molar-refractivity contribution < 1.29 is 18.9 Å². The van der Waals surface area contributed by atoms with E-state index in [4.69, 9.17) is 18.9 Å². The van der Waals surface area contributed by atoms with E-state index in [1.807, 2.05) is 30.3 Å². The molecule has 33 heavy (non-hydrogen) atoms. The Morgan fingerprint density at radius 3 is 1.97 bits per heavy atom. The summed E-state index contributed by atoms with van der Waals surface area (Å²) in [5.41, 5.74) is 1.58.